The number of amides is 1. The predicted octanol–water partition coefficient (Wildman–Crippen LogP) is -0.423. The van der Waals surface area contributed by atoms with Crippen molar-refractivity contribution in [1.29, 1.82) is 0 Å². The van der Waals surface area contributed by atoms with Gasteiger partial charge in [0.15, 0.2) is 0 Å². The van der Waals surface area contributed by atoms with Gasteiger partial charge in [-0.2, -0.15) is 0 Å². The molecule has 0 aliphatic carbocycles. The van der Waals surface area contributed by atoms with Crippen LogP contribution in [0, 0.1) is 6.92 Å². The van der Waals surface area contributed by atoms with Crippen molar-refractivity contribution in [3.05, 3.63) is 17.7 Å². The Labute approximate surface area is 93.8 Å². The number of nitrogens with two attached hydrogens (primary N) is 1. The van der Waals surface area contributed by atoms with Crippen molar-refractivity contribution in [2.45, 2.75) is 13.0 Å². The third-order valence-corrected chi connectivity index (χ3v) is 2.62. The Kier molecular flexibility index (Phi) is 3.21. The maximum Gasteiger partial charge on any atom is 0.236 e. The molecule has 0 spiro atoms. The summed E-state index contributed by atoms with van der Waals surface area (Å²) in [6.07, 6.45) is 1.58. The maximum absolute atomic E-state index is 11.5. The molecule has 1 saturated heterocycles. The fraction of sp³-hybridized carbons (Fsp3) is 0.600. The van der Waals surface area contributed by atoms with E-state index in [1.165, 1.54) is 0 Å². The molecule has 16 heavy (non-hydrogen) atoms. The van der Waals surface area contributed by atoms with Gasteiger partial charge in [-0.1, -0.05) is 0 Å². The van der Waals surface area contributed by atoms with Crippen LogP contribution in [-0.2, 0) is 9.53 Å². The predicted molar refractivity (Wildman–Crippen MR) is 57.7 cm³/mol. The highest BCUT2D eigenvalue weighted by atomic mass is 16.5. The number of nitrogens with one attached hydrogen (secondary N) is 1. The molecule has 1 aliphatic rings. The van der Waals surface area contributed by atoms with Gasteiger partial charge in [-0.05, 0) is 6.92 Å². The molecule has 0 saturated carbocycles. The zero-order valence-electron chi connectivity index (χ0n) is 9.27. The lowest BCUT2D eigenvalue weighted by molar-refractivity contribution is -0.137. The van der Waals surface area contributed by atoms with Gasteiger partial charge in [0.2, 0.25) is 5.91 Å². The summed E-state index contributed by atoms with van der Waals surface area (Å²) in [5, 5.41) is 0. The van der Waals surface area contributed by atoms with Gasteiger partial charge in [-0.25, -0.2) is 4.98 Å². The van der Waals surface area contributed by atoms with Crippen LogP contribution in [-0.4, -0.2) is 47.0 Å². The third-order valence-electron chi connectivity index (χ3n) is 2.62. The van der Waals surface area contributed by atoms with Crippen LogP contribution in [0.15, 0.2) is 6.20 Å². The number of imidazole rings is 1. The second kappa shape index (κ2) is 4.63. The molecule has 1 unspecified atom stereocenters. The van der Waals surface area contributed by atoms with E-state index in [0.717, 1.165) is 11.5 Å². The van der Waals surface area contributed by atoms with Crippen molar-refractivity contribution < 1.29 is 9.53 Å². The smallest absolute Gasteiger partial charge is 0.236 e. The van der Waals surface area contributed by atoms with Crippen molar-refractivity contribution in [1.82, 2.24) is 14.9 Å². The van der Waals surface area contributed by atoms with Crippen molar-refractivity contribution in [3.8, 4) is 0 Å². The molecule has 1 aromatic rings. The summed E-state index contributed by atoms with van der Waals surface area (Å²) >= 11 is 0. The molecule has 3 N–H and O–H groups in total. The summed E-state index contributed by atoms with van der Waals surface area (Å²) in [6.45, 7) is 3.62. The van der Waals surface area contributed by atoms with Crippen molar-refractivity contribution >= 4 is 5.91 Å². The summed E-state index contributed by atoms with van der Waals surface area (Å²) in [4.78, 5) is 20.5. The monoisotopic (exact) mass is 224 g/mol. The molecule has 0 bridgehead atoms. The van der Waals surface area contributed by atoms with Gasteiger partial charge in [-0.15, -0.1) is 0 Å². The fourth-order valence-corrected chi connectivity index (χ4v) is 1.77. The fourth-order valence-electron chi connectivity index (χ4n) is 1.77. The second-order valence-corrected chi connectivity index (χ2v) is 3.85. The van der Waals surface area contributed by atoms with E-state index in [4.69, 9.17) is 10.5 Å². The van der Waals surface area contributed by atoms with E-state index < -0.39 is 0 Å². The molecule has 1 fully saturated rings. The van der Waals surface area contributed by atoms with Gasteiger partial charge < -0.3 is 20.4 Å². The molecule has 0 aromatic carbocycles. The van der Waals surface area contributed by atoms with Crippen molar-refractivity contribution in [2.24, 2.45) is 5.73 Å². The summed E-state index contributed by atoms with van der Waals surface area (Å²) in [5.74, 6) is 0.726. The van der Waals surface area contributed by atoms with E-state index in [1.54, 1.807) is 11.1 Å². The topological polar surface area (TPSA) is 84.2 Å². The average Bonchev–Trinajstić information content (AvgIpc) is 2.75. The lowest BCUT2D eigenvalue weighted by Gasteiger charge is -2.31. The van der Waals surface area contributed by atoms with Gasteiger partial charge >= 0.3 is 0 Å². The Balaban J connectivity index is 2.04. The van der Waals surface area contributed by atoms with Crippen molar-refractivity contribution in [2.75, 3.05) is 26.2 Å². The van der Waals surface area contributed by atoms with E-state index in [9.17, 15) is 4.79 Å². The summed E-state index contributed by atoms with van der Waals surface area (Å²) < 4.78 is 5.57. The Morgan fingerprint density at radius 3 is 3.25 bits per heavy atom. The van der Waals surface area contributed by atoms with Crippen molar-refractivity contribution in [3.63, 3.8) is 0 Å². The number of aromatic nitrogens is 2. The first kappa shape index (κ1) is 11.1. The average molecular weight is 224 g/mol. The Hall–Kier alpha value is -1.40. The minimum Gasteiger partial charge on any atom is -0.367 e. The van der Waals surface area contributed by atoms with Crippen LogP contribution in [0.5, 0.6) is 0 Å². The Bertz CT molecular complexity index is 377. The molecule has 6 nitrogen and oxygen atoms in total. The van der Waals surface area contributed by atoms with Gasteiger partial charge in [-0.3, -0.25) is 4.79 Å². The SMILES string of the molecule is Cc1cnc(C2CN(C(=O)CN)CCO2)[nH]1. The van der Waals surface area contributed by atoms with Crippen LogP contribution < -0.4 is 5.73 Å². The zero-order chi connectivity index (χ0) is 11.5. The minimum atomic E-state index is -0.169. The highest BCUT2D eigenvalue weighted by Crippen LogP contribution is 2.19. The van der Waals surface area contributed by atoms with Gasteiger partial charge in [0.05, 0.1) is 19.7 Å². The quantitative estimate of drug-likeness (QED) is 0.714. The number of rotatable bonds is 2. The second-order valence-electron chi connectivity index (χ2n) is 3.85. The Morgan fingerprint density at radius 2 is 2.62 bits per heavy atom. The lowest BCUT2D eigenvalue weighted by atomic mass is 10.2. The number of morpholine rings is 1. The van der Waals surface area contributed by atoms with Gasteiger partial charge in [0.1, 0.15) is 11.9 Å². The zero-order valence-corrected chi connectivity index (χ0v) is 9.27. The van der Waals surface area contributed by atoms with Crippen LogP contribution in [0.1, 0.15) is 17.6 Å². The normalized spacial score (nSPS) is 21.1. The summed E-state index contributed by atoms with van der Waals surface area (Å²) in [7, 11) is 0. The number of hydrogen-bond acceptors (Lipinski definition) is 4. The van der Waals surface area contributed by atoms with E-state index in [-0.39, 0.29) is 18.6 Å². The van der Waals surface area contributed by atoms with E-state index in [1.807, 2.05) is 6.92 Å². The first-order valence-electron chi connectivity index (χ1n) is 5.31. The lowest BCUT2D eigenvalue weighted by Crippen LogP contribution is -2.45. The van der Waals surface area contributed by atoms with E-state index in [0.29, 0.717) is 19.7 Å². The number of nitrogens with zero attached hydrogens (tertiary/aromatic N) is 2. The molecule has 0 radical (unpaired) electrons. The summed E-state index contributed by atoms with van der Waals surface area (Å²) in [6, 6.07) is 0. The maximum atomic E-state index is 11.5. The molecule has 1 aliphatic heterocycles. The molecule has 88 valence electrons. The number of H-pyrrole nitrogens is 1. The minimum absolute atomic E-state index is 0.0448. The number of ether oxygens (including phenoxy) is 1. The molecule has 2 rings (SSSR count). The standard InChI is InChI=1S/C10H16N4O2/c1-7-5-12-10(13-7)8-6-14(2-3-16-8)9(15)4-11/h5,8H,2-4,6,11H2,1H3,(H,12,13). The van der Waals surface area contributed by atoms with Crippen LogP contribution >= 0.6 is 0 Å². The number of hydrogen-bond donors (Lipinski definition) is 2. The van der Waals surface area contributed by atoms with Gasteiger partial charge in [0, 0.05) is 18.4 Å². The van der Waals surface area contributed by atoms with Crippen LogP contribution in [0.2, 0.25) is 0 Å². The Morgan fingerprint density at radius 1 is 1.81 bits per heavy atom. The molecular weight excluding hydrogens is 208 g/mol. The highest BCUT2D eigenvalue weighted by molar-refractivity contribution is 5.78. The van der Waals surface area contributed by atoms with Crippen LogP contribution in [0.3, 0.4) is 0 Å². The van der Waals surface area contributed by atoms with Crippen LogP contribution in [0.4, 0.5) is 0 Å². The molecule has 2 heterocycles. The molecule has 1 aromatic heterocycles. The summed E-state index contributed by atoms with van der Waals surface area (Å²) in [5.41, 5.74) is 6.32. The number of carbonyl (C=O) groups is 1. The largest absolute Gasteiger partial charge is 0.367 e. The van der Waals surface area contributed by atoms with Crippen LogP contribution in [0.25, 0.3) is 0 Å². The molecular formula is C10H16N4O2. The van der Waals surface area contributed by atoms with E-state index >= 15 is 0 Å². The molecule has 6 heteroatoms. The number of carbonyl (C=O) groups excluding carboxylic acids is 1. The molecule has 1 amide bonds. The number of aryl methyl sites for hydroxylation is 1. The highest BCUT2D eigenvalue weighted by Gasteiger charge is 2.26. The molecule has 1 atom stereocenters. The van der Waals surface area contributed by atoms with Gasteiger partial charge in [0.25, 0.3) is 0 Å². The van der Waals surface area contributed by atoms with E-state index in [2.05, 4.69) is 9.97 Å². The third kappa shape index (κ3) is 2.23. The first-order valence-corrected chi connectivity index (χ1v) is 5.31. The number of aromatic amines is 1. The first-order chi connectivity index (χ1) is 7.70.